The van der Waals surface area contributed by atoms with Crippen molar-refractivity contribution in [2.24, 2.45) is 11.7 Å². The van der Waals surface area contributed by atoms with Crippen LogP contribution < -0.4 is 10.5 Å². The van der Waals surface area contributed by atoms with E-state index in [4.69, 9.17) is 25.6 Å². The Kier molecular flexibility index (Phi) is 8.65. The van der Waals surface area contributed by atoms with Gasteiger partial charge in [-0.3, -0.25) is 15.0 Å². The molecule has 0 aliphatic carbocycles. The van der Waals surface area contributed by atoms with E-state index in [0.717, 1.165) is 30.9 Å². The normalized spacial score (nSPS) is 14.0. The topological polar surface area (TPSA) is 119 Å². The number of thiazole rings is 1. The third kappa shape index (κ3) is 6.08. The summed E-state index contributed by atoms with van der Waals surface area (Å²) in [5.74, 6) is 0.245. The van der Waals surface area contributed by atoms with Gasteiger partial charge in [-0.1, -0.05) is 12.1 Å². The molecule has 0 radical (unpaired) electrons. The van der Waals surface area contributed by atoms with Crippen LogP contribution >= 0.6 is 34.4 Å². The molecule has 0 saturated carbocycles. The van der Waals surface area contributed by atoms with Gasteiger partial charge in [-0.2, -0.15) is 0 Å². The van der Waals surface area contributed by atoms with Crippen LogP contribution in [0.15, 0.2) is 39.9 Å². The van der Waals surface area contributed by atoms with E-state index in [1.165, 1.54) is 22.7 Å². The van der Waals surface area contributed by atoms with Gasteiger partial charge in [0.25, 0.3) is 5.91 Å². The van der Waals surface area contributed by atoms with Crippen molar-refractivity contribution in [1.29, 1.82) is 5.41 Å². The van der Waals surface area contributed by atoms with Crippen molar-refractivity contribution in [3.8, 4) is 27.6 Å². The van der Waals surface area contributed by atoms with Crippen LogP contribution in [0.4, 0.5) is 0 Å². The highest BCUT2D eigenvalue weighted by Gasteiger charge is 2.28. The van der Waals surface area contributed by atoms with E-state index >= 15 is 0 Å². The number of hydrogen-bond donors (Lipinski definition) is 2. The number of carbonyl (C=O) groups excluding carboxylic acids is 2. The number of nitrogens with zero attached hydrogens (tertiary/aromatic N) is 2. The highest BCUT2D eigenvalue weighted by molar-refractivity contribution is 8.00. The fourth-order valence-corrected chi connectivity index (χ4v) is 6.65. The summed E-state index contributed by atoms with van der Waals surface area (Å²) >= 11 is 4.65. The van der Waals surface area contributed by atoms with Gasteiger partial charge in [0.2, 0.25) is 0 Å². The SMILES string of the molecule is CCOC(=O)C1CCN(C(=O)COc2cccc(-c3csc(-c4cc(C(=N)N)sc4SC)n3)c2)CC1. The molecule has 3 N–H and O–H groups in total. The fourth-order valence-electron chi connectivity index (χ4n) is 3.94. The molecule has 0 unspecified atom stereocenters. The average Bonchev–Trinajstić information content (AvgIpc) is 3.55. The standard InChI is InChI=1S/C25H28N4O4S3/c1-3-32-24(31)15-7-9-29(10-8-15)21(30)13-33-17-6-4-5-16(11-17)19-14-35-23(28-19)18-12-20(22(26)27)36-25(18)34-2/h4-6,11-12,14-15H,3,7-10,13H2,1-2H3,(H3,26,27). The molecule has 1 saturated heterocycles. The third-order valence-electron chi connectivity index (χ3n) is 5.84. The lowest BCUT2D eigenvalue weighted by atomic mass is 9.97. The molecule has 11 heteroatoms. The summed E-state index contributed by atoms with van der Waals surface area (Å²) < 4.78 is 12.0. The molecular formula is C25H28N4O4S3. The maximum atomic E-state index is 12.6. The first-order valence-electron chi connectivity index (χ1n) is 11.5. The van der Waals surface area contributed by atoms with Gasteiger partial charge in [-0.25, -0.2) is 4.98 Å². The van der Waals surface area contributed by atoms with E-state index in [2.05, 4.69) is 0 Å². The number of nitrogen functional groups attached to an aromatic ring is 1. The maximum absolute atomic E-state index is 12.6. The van der Waals surface area contributed by atoms with Gasteiger partial charge in [0.15, 0.2) is 6.61 Å². The lowest BCUT2D eigenvalue weighted by Crippen LogP contribution is -2.42. The number of amides is 1. The van der Waals surface area contributed by atoms with Crippen LogP contribution in [0, 0.1) is 11.3 Å². The van der Waals surface area contributed by atoms with E-state index in [1.54, 1.807) is 23.6 Å². The summed E-state index contributed by atoms with van der Waals surface area (Å²) in [6.07, 6.45) is 3.23. The summed E-state index contributed by atoms with van der Waals surface area (Å²) in [4.78, 5) is 31.8. The van der Waals surface area contributed by atoms with Crippen LogP contribution in [-0.2, 0) is 14.3 Å². The molecule has 190 valence electrons. The van der Waals surface area contributed by atoms with Crippen molar-refractivity contribution in [3.63, 3.8) is 0 Å². The zero-order valence-corrected chi connectivity index (χ0v) is 22.6. The zero-order chi connectivity index (χ0) is 25.7. The minimum absolute atomic E-state index is 0.0566. The monoisotopic (exact) mass is 544 g/mol. The number of amidine groups is 1. The largest absolute Gasteiger partial charge is 0.484 e. The van der Waals surface area contributed by atoms with E-state index in [-0.39, 0.29) is 30.2 Å². The second-order valence-corrected chi connectivity index (χ2v) is 11.2. The number of piperidine rings is 1. The first kappa shape index (κ1) is 26.2. The number of likely N-dealkylation sites (tertiary alicyclic amines) is 1. The maximum Gasteiger partial charge on any atom is 0.309 e. The Hall–Kier alpha value is -2.89. The summed E-state index contributed by atoms with van der Waals surface area (Å²) in [6, 6.07) is 9.45. The zero-order valence-electron chi connectivity index (χ0n) is 20.1. The van der Waals surface area contributed by atoms with Crippen molar-refractivity contribution >= 4 is 52.1 Å². The van der Waals surface area contributed by atoms with Crippen LogP contribution in [0.2, 0.25) is 0 Å². The molecule has 8 nitrogen and oxygen atoms in total. The van der Waals surface area contributed by atoms with Crippen LogP contribution in [0.3, 0.4) is 0 Å². The number of nitrogens with two attached hydrogens (primary N) is 1. The minimum Gasteiger partial charge on any atom is -0.484 e. The number of thioether (sulfide) groups is 1. The molecule has 1 aliphatic heterocycles. The van der Waals surface area contributed by atoms with Crippen molar-refractivity contribution < 1.29 is 19.1 Å². The minimum atomic E-state index is -0.175. The summed E-state index contributed by atoms with van der Waals surface area (Å²) in [6.45, 7) is 3.17. The lowest BCUT2D eigenvalue weighted by molar-refractivity contribution is -0.151. The number of nitrogens with one attached hydrogen (secondary N) is 1. The molecule has 3 aromatic rings. The quantitative estimate of drug-likeness (QED) is 0.173. The van der Waals surface area contributed by atoms with Crippen LogP contribution in [-0.4, -0.2) is 60.2 Å². The number of aromatic nitrogens is 1. The molecular weight excluding hydrogens is 517 g/mol. The van der Waals surface area contributed by atoms with Crippen LogP contribution in [0.5, 0.6) is 5.75 Å². The van der Waals surface area contributed by atoms with E-state index in [9.17, 15) is 9.59 Å². The average molecular weight is 545 g/mol. The molecule has 3 heterocycles. The number of benzene rings is 1. The molecule has 1 aliphatic rings. The molecule has 0 spiro atoms. The fraction of sp³-hybridized carbons (Fsp3) is 0.360. The summed E-state index contributed by atoms with van der Waals surface area (Å²) in [5, 5.41) is 10.6. The van der Waals surface area contributed by atoms with Gasteiger partial charge < -0.3 is 20.1 Å². The Balaban J connectivity index is 1.37. The number of esters is 1. The molecule has 1 amide bonds. The Labute approximate surface area is 222 Å². The Morgan fingerprint density at radius 1 is 1.28 bits per heavy atom. The summed E-state index contributed by atoms with van der Waals surface area (Å²) in [5.41, 5.74) is 8.37. The van der Waals surface area contributed by atoms with Gasteiger partial charge in [0, 0.05) is 29.6 Å². The van der Waals surface area contributed by atoms with Gasteiger partial charge in [-0.05, 0) is 44.2 Å². The number of carbonyl (C=O) groups is 2. The predicted molar refractivity (Wildman–Crippen MR) is 145 cm³/mol. The number of thiophene rings is 1. The first-order chi connectivity index (χ1) is 17.4. The van der Waals surface area contributed by atoms with Gasteiger partial charge >= 0.3 is 5.97 Å². The van der Waals surface area contributed by atoms with E-state index < -0.39 is 0 Å². The highest BCUT2D eigenvalue weighted by atomic mass is 32.2. The Morgan fingerprint density at radius 2 is 2.06 bits per heavy atom. The van der Waals surface area contributed by atoms with Crippen LogP contribution in [0.1, 0.15) is 24.6 Å². The Bertz CT molecular complexity index is 1250. The molecule has 0 bridgehead atoms. The molecule has 0 atom stereocenters. The predicted octanol–water partition coefficient (Wildman–Crippen LogP) is 4.73. The van der Waals surface area contributed by atoms with E-state index in [0.29, 0.717) is 38.3 Å². The number of ether oxygens (including phenoxy) is 2. The second-order valence-electron chi connectivity index (χ2n) is 8.19. The van der Waals surface area contributed by atoms with Crippen molar-refractivity contribution in [2.45, 2.75) is 24.0 Å². The molecule has 1 aromatic carbocycles. The Morgan fingerprint density at radius 3 is 2.75 bits per heavy atom. The molecule has 2 aromatic heterocycles. The number of rotatable bonds is 9. The van der Waals surface area contributed by atoms with Crippen LogP contribution in [0.25, 0.3) is 21.8 Å². The molecule has 4 rings (SSSR count). The lowest BCUT2D eigenvalue weighted by Gasteiger charge is -2.30. The van der Waals surface area contributed by atoms with Gasteiger partial charge in [0.1, 0.15) is 16.6 Å². The third-order valence-corrected chi connectivity index (χ3v) is 9.02. The number of hydrogen-bond acceptors (Lipinski definition) is 9. The van der Waals surface area contributed by atoms with Crippen molar-refractivity contribution in [2.75, 3.05) is 32.6 Å². The van der Waals surface area contributed by atoms with Crippen molar-refractivity contribution in [1.82, 2.24) is 9.88 Å². The molecule has 1 fully saturated rings. The van der Waals surface area contributed by atoms with Gasteiger partial charge in [-0.15, -0.1) is 34.4 Å². The first-order valence-corrected chi connectivity index (χ1v) is 14.5. The highest BCUT2D eigenvalue weighted by Crippen LogP contribution is 2.40. The smallest absolute Gasteiger partial charge is 0.309 e. The van der Waals surface area contributed by atoms with Gasteiger partial charge in [0.05, 0.1) is 27.3 Å². The second kappa shape index (κ2) is 11.9. The van der Waals surface area contributed by atoms with E-state index in [1.807, 2.05) is 42.0 Å². The molecule has 36 heavy (non-hydrogen) atoms. The van der Waals surface area contributed by atoms with Crippen molar-refractivity contribution in [3.05, 3.63) is 40.6 Å². The summed E-state index contributed by atoms with van der Waals surface area (Å²) in [7, 11) is 0.